The number of halogens is 1. The molecule has 8 nitrogen and oxygen atoms in total. The first kappa shape index (κ1) is 21.9. The van der Waals surface area contributed by atoms with Crippen molar-refractivity contribution in [3.05, 3.63) is 39.8 Å². The van der Waals surface area contributed by atoms with Gasteiger partial charge in [0, 0.05) is 36.2 Å². The summed E-state index contributed by atoms with van der Waals surface area (Å²) in [5, 5.41) is 15.9. The first-order valence-corrected chi connectivity index (χ1v) is 11.9. The predicted molar refractivity (Wildman–Crippen MR) is 128 cm³/mol. The molecule has 0 amide bonds. The Labute approximate surface area is 198 Å². The number of fused-ring (bicyclic) bond motifs is 1. The second kappa shape index (κ2) is 8.47. The van der Waals surface area contributed by atoms with E-state index in [4.69, 9.17) is 27.2 Å². The first-order chi connectivity index (χ1) is 15.9. The SMILES string of the molecule is CCOc1c(C(C)n2nc(C)c3c(N)ncnc32)cc(Cl)c(C#N)c1C1CN(C2CCC2)C1. The number of aryl methyl sites for hydroxylation is 1. The van der Waals surface area contributed by atoms with Crippen molar-refractivity contribution in [2.45, 2.75) is 58.0 Å². The number of aromatic nitrogens is 4. The highest BCUT2D eigenvalue weighted by Gasteiger charge is 2.39. The Morgan fingerprint density at radius 3 is 2.73 bits per heavy atom. The lowest BCUT2D eigenvalue weighted by Crippen LogP contribution is -2.53. The van der Waals surface area contributed by atoms with Crippen LogP contribution in [0, 0.1) is 18.3 Å². The molecule has 1 unspecified atom stereocenters. The van der Waals surface area contributed by atoms with Crippen LogP contribution in [0.3, 0.4) is 0 Å². The van der Waals surface area contributed by atoms with E-state index in [-0.39, 0.29) is 12.0 Å². The van der Waals surface area contributed by atoms with E-state index in [1.807, 2.05) is 31.5 Å². The Morgan fingerprint density at radius 1 is 1.33 bits per heavy atom. The van der Waals surface area contributed by atoms with Crippen LogP contribution in [0.5, 0.6) is 5.75 Å². The first-order valence-electron chi connectivity index (χ1n) is 11.5. The number of nitrogen functional groups attached to an aromatic ring is 1. The molecule has 2 aromatic heterocycles. The standard InChI is InChI=1S/C24H28ClN7O/c1-4-33-22-17(14(3)32-24-20(13(2)30-32)23(27)28-12-29-24)8-19(25)18(9-26)21(22)15-10-31(11-15)16-6-5-7-16/h8,12,14-16H,4-7,10-11H2,1-3H3,(H2,27,28,29). The summed E-state index contributed by atoms with van der Waals surface area (Å²) in [4.78, 5) is 11.1. The van der Waals surface area contributed by atoms with Crippen molar-refractivity contribution in [1.82, 2.24) is 24.6 Å². The Hall–Kier alpha value is -2.89. The van der Waals surface area contributed by atoms with E-state index in [1.54, 1.807) is 0 Å². The summed E-state index contributed by atoms with van der Waals surface area (Å²) in [6, 6.07) is 4.63. The predicted octanol–water partition coefficient (Wildman–Crippen LogP) is 4.20. The van der Waals surface area contributed by atoms with Gasteiger partial charge in [0.2, 0.25) is 0 Å². The average Bonchev–Trinajstić information content (AvgIpc) is 3.07. The quantitative estimate of drug-likeness (QED) is 0.581. The van der Waals surface area contributed by atoms with Crippen LogP contribution in [0.25, 0.3) is 11.0 Å². The lowest BCUT2D eigenvalue weighted by molar-refractivity contribution is 0.0465. The molecule has 2 aliphatic rings. The molecule has 2 fully saturated rings. The van der Waals surface area contributed by atoms with E-state index in [0.29, 0.717) is 34.7 Å². The van der Waals surface area contributed by atoms with Crippen LogP contribution in [-0.2, 0) is 0 Å². The number of ether oxygens (including phenoxy) is 1. The van der Waals surface area contributed by atoms with Crippen LogP contribution in [0.4, 0.5) is 5.82 Å². The normalized spacial score (nSPS) is 18.0. The molecule has 0 radical (unpaired) electrons. The summed E-state index contributed by atoms with van der Waals surface area (Å²) in [5.74, 6) is 1.37. The van der Waals surface area contributed by atoms with Crippen molar-refractivity contribution in [1.29, 1.82) is 5.26 Å². The number of benzene rings is 1. The smallest absolute Gasteiger partial charge is 0.164 e. The van der Waals surface area contributed by atoms with Crippen LogP contribution in [-0.4, -0.2) is 50.4 Å². The number of nitrogens with two attached hydrogens (primary N) is 1. The minimum Gasteiger partial charge on any atom is -0.493 e. The maximum atomic E-state index is 9.96. The van der Waals surface area contributed by atoms with E-state index < -0.39 is 0 Å². The molecule has 172 valence electrons. The third-order valence-corrected chi connectivity index (χ3v) is 7.41. The largest absolute Gasteiger partial charge is 0.493 e. The third kappa shape index (κ3) is 3.51. The molecule has 5 rings (SSSR count). The van der Waals surface area contributed by atoms with Crippen LogP contribution >= 0.6 is 11.6 Å². The molecule has 3 heterocycles. The highest BCUT2D eigenvalue weighted by atomic mass is 35.5. The van der Waals surface area contributed by atoms with Crippen LogP contribution in [0.2, 0.25) is 5.02 Å². The zero-order chi connectivity index (χ0) is 23.3. The fourth-order valence-electron chi connectivity index (χ4n) is 5.11. The second-order valence-corrected chi connectivity index (χ2v) is 9.42. The van der Waals surface area contributed by atoms with Crippen molar-refractivity contribution in [3.63, 3.8) is 0 Å². The van der Waals surface area contributed by atoms with Gasteiger partial charge in [-0.3, -0.25) is 4.90 Å². The van der Waals surface area contributed by atoms with Gasteiger partial charge in [-0.25, -0.2) is 14.6 Å². The van der Waals surface area contributed by atoms with Crippen molar-refractivity contribution in [2.75, 3.05) is 25.4 Å². The second-order valence-electron chi connectivity index (χ2n) is 9.01. The van der Waals surface area contributed by atoms with Crippen LogP contribution in [0.15, 0.2) is 12.4 Å². The molecule has 1 aromatic carbocycles. The van der Waals surface area contributed by atoms with Gasteiger partial charge in [0.15, 0.2) is 5.65 Å². The van der Waals surface area contributed by atoms with E-state index in [9.17, 15) is 5.26 Å². The van der Waals surface area contributed by atoms with E-state index in [1.165, 1.54) is 25.6 Å². The lowest BCUT2D eigenvalue weighted by atomic mass is 9.81. The molecule has 0 bridgehead atoms. The Bertz CT molecular complexity index is 1250. The molecule has 1 saturated heterocycles. The monoisotopic (exact) mass is 465 g/mol. The summed E-state index contributed by atoms with van der Waals surface area (Å²) in [6.07, 6.45) is 5.30. The van der Waals surface area contributed by atoms with Crippen LogP contribution in [0.1, 0.15) is 67.5 Å². The van der Waals surface area contributed by atoms with Crippen molar-refractivity contribution in [3.8, 4) is 11.8 Å². The number of nitriles is 1. The summed E-state index contributed by atoms with van der Waals surface area (Å²) >= 11 is 6.68. The summed E-state index contributed by atoms with van der Waals surface area (Å²) in [6.45, 7) is 8.25. The van der Waals surface area contributed by atoms with Crippen molar-refractivity contribution < 1.29 is 4.74 Å². The fourth-order valence-corrected chi connectivity index (χ4v) is 5.37. The van der Waals surface area contributed by atoms with Crippen molar-refractivity contribution >= 4 is 28.5 Å². The van der Waals surface area contributed by atoms with Crippen molar-refractivity contribution in [2.24, 2.45) is 0 Å². The van der Waals surface area contributed by atoms with E-state index in [0.717, 1.165) is 41.0 Å². The molecule has 3 aromatic rings. The molecular weight excluding hydrogens is 438 g/mol. The lowest BCUT2D eigenvalue weighted by Gasteiger charge is -2.48. The minimum absolute atomic E-state index is 0.223. The summed E-state index contributed by atoms with van der Waals surface area (Å²) in [5.41, 5.74) is 9.86. The summed E-state index contributed by atoms with van der Waals surface area (Å²) in [7, 11) is 0. The molecule has 9 heteroatoms. The molecule has 1 atom stereocenters. The van der Waals surface area contributed by atoms with Gasteiger partial charge in [0.1, 0.15) is 24.0 Å². The minimum atomic E-state index is -0.233. The van der Waals surface area contributed by atoms with Gasteiger partial charge in [-0.15, -0.1) is 0 Å². The average molecular weight is 466 g/mol. The number of nitrogens with zero attached hydrogens (tertiary/aromatic N) is 6. The zero-order valence-electron chi connectivity index (χ0n) is 19.2. The van der Waals surface area contributed by atoms with Gasteiger partial charge in [-0.1, -0.05) is 18.0 Å². The Balaban J connectivity index is 1.61. The van der Waals surface area contributed by atoms with Gasteiger partial charge in [0.25, 0.3) is 0 Å². The number of likely N-dealkylation sites (tertiary alicyclic amines) is 1. The molecule has 0 spiro atoms. The molecule has 1 aliphatic carbocycles. The topological polar surface area (TPSA) is 106 Å². The molecular formula is C24H28ClN7O. The maximum Gasteiger partial charge on any atom is 0.164 e. The van der Waals surface area contributed by atoms with Gasteiger partial charge in [0.05, 0.1) is 34.3 Å². The van der Waals surface area contributed by atoms with E-state index >= 15 is 0 Å². The number of hydrogen-bond donors (Lipinski definition) is 1. The van der Waals surface area contributed by atoms with Gasteiger partial charge < -0.3 is 10.5 Å². The maximum absolute atomic E-state index is 9.96. The van der Waals surface area contributed by atoms with Gasteiger partial charge in [-0.05, 0) is 39.7 Å². The molecule has 1 aliphatic heterocycles. The van der Waals surface area contributed by atoms with E-state index in [2.05, 4.69) is 20.9 Å². The number of anilines is 1. The third-order valence-electron chi connectivity index (χ3n) is 7.12. The molecule has 2 N–H and O–H groups in total. The number of hydrogen-bond acceptors (Lipinski definition) is 7. The number of rotatable bonds is 6. The highest BCUT2D eigenvalue weighted by Crippen LogP contribution is 2.45. The van der Waals surface area contributed by atoms with Crippen LogP contribution < -0.4 is 10.5 Å². The molecule has 1 saturated carbocycles. The van der Waals surface area contributed by atoms with Gasteiger partial charge in [-0.2, -0.15) is 10.4 Å². The Kier molecular flexibility index (Phi) is 5.63. The highest BCUT2D eigenvalue weighted by molar-refractivity contribution is 6.32. The molecule has 33 heavy (non-hydrogen) atoms. The zero-order valence-corrected chi connectivity index (χ0v) is 19.9. The summed E-state index contributed by atoms with van der Waals surface area (Å²) < 4.78 is 8.06. The van der Waals surface area contributed by atoms with Gasteiger partial charge >= 0.3 is 0 Å². The fraction of sp³-hybridized carbons (Fsp3) is 0.500. The Morgan fingerprint density at radius 2 is 2.09 bits per heavy atom.